The van der Waals surface area contributed by atoms with E-state index in [-0.39, 0.29) is 11.9 Å². The molecule has 1 amide bonds. The van der Waals surface area contributed by atoms with Crippen LogP contribution >= 0.6 is 0 Å². The summed E-state index contributed by atoms with van der Waals surface area (Å²) in [7, 11) is 1.63. The second-order valence-electron chi connectivity index (χ2n) is 7.02. The van der Waals surface area contributed by atoms with Crippen LogP contribution < -0.4 is 10.1 Å². The minimum atomic E-state index is -0.152. The number of methoxy groups -OCH3 is 1. The standard InChI is InChI=1S/C22H23N3O2/c1-15-8-11-20(27-2)19(14-15)25-13-12-18(24-25)22(26)23-21(17-9-10-17)16-6-4-3-5-7-16/h3-8,11-14,17,21H,9-10H2,1-2H3,(H,23,26). The van der Waals surface area contributed by atoms with Gasteiger partial charge in [0.1, 0.15) is 11.4 Å². The summed E-state index contributed by atoms with van der Waals surface area (Å²) in [4.78, 5) is 12.8. The Morgan fingerprint density at radius 2 is 1.96 bits per heavy atom. The smallest absolute Gasteiger partial charge is 0.272 e. The van der Waals surface area contributed by atoms with E-state index in [1.807, 2.05) is 43.3 Å². The molecular weight excluding hydrogens is 338 g/mol. The fourth-order valence-corrected chi connectivity index (χ4v) is 3.34. The van der Waals surface area contributed by atoms with Crippen molar-refractivity contribution in [2.75, 3.05) is 7.11 Å². The van der Waals surface area contributed by atoms with Gasteiger partial charge in [0.15, 0.2) is 5.69 Å². The summed E-state index contributed by atoms with van der Waals surface area (Å²) in [5, 5.41) is 7.65. The van der Waals surface area contributed by atoms with Gasteiger partial charge in [-0.25, -0.2) is 4.68 Å². The largest absolute Gasteiger partial charge is 0.494 e. The lowest BCUT2D eigenvalue weighted by atomic mass is 10.0. The first-order valence-corrected chi connectivity index (χ1v) is 9.22. The summed E-state index contributed by atoms with van der Waals surface area (Å²) >= 11 is 0. The number of aryl methyl sites for hydroxylation is 1. The molecule has 0 bridgehead atoms. The molecule has 1 atom stereocenters. The van der Waals surface area contributed by atoms with Gasteiger partial charge in [-0.15, -0.1) is 0 Å². The van der Waals surface area contributed by atoms with Crippen molar-refractivity contribution >= 4 is 5.91 Å². The van der Waals surface area contributed by atoms with Crippen LogP contribution in [0, 0.1) is 12.8 Å². The van der Waals surface area contributed by atoms with Crippen LogP contribution in [0.3, 0.4) is 0 Å². The molecule has 1 N–H and O–H groups in total. The SMILES string of the molecule is COc1ccc(C)cc1-n1ccc(C(=O)NC(c2ccccc2)C2CC2)n1. The van der Waals surface area contributed by atoms with Gasteiger partial charge in [-0.3, -0.25) is 4.79 Å². The average Bonchev–Trinajstić information content (AvgIpc) is 3.41. The summed E-state index contributed by atoms with van der Waals surface area (Å²) in [6.45, 7) is 2.01. The maximum Gasteiger partial charge on any atom is 0.272 e. The number of amides is 1. The predicted octanol–water partition coefficient (Wildman–Crippen LogP) is 4.07. The molecule has 27 heavy (non-hydrogen) atoms. The molecule has 2 aromatic carbocycles. The van der Waals surface area contributed by atoms with Crippen molar-refractivity contribution in [1.82, 2.24) is 15.1 Å². The Morgan fingerprint density at radius 3 is 2.67 bits per heavy atom. The summed E-state index contributed by atoms with van der Waals surface area (Å²) in [6.07, 6.45) is 4.09. The number of carbonyl (C=O) groups excluding carboxylic acids is 1. The number of nitrogens with zero attached hydrogens (tertiary/aromatic N) is 2. The lowest BCUT2D eigenvalue weighted by Crippen LogP contribution is -2.30. The summed E-state index contributed by atoms with van der Waals surface area (Å²) in [5.74, 6) is 1.08. The van der Waals surface area contributed by atoms with Crippen molar-refractivity contribution in [3.05, 3.63) is 77.6 Å². The molecule has 1 aliphatic rings. The highest BCUT2D eigenvalue weighted by atomic mass is 16.5. The Bertz CT molecular complexity index is 945. The van der Waals surface area contributed by atoms with Gasteiger partial charge in [0.2, 0.25) is 0 Å². The number of nitrogens with one attached hydrogen (secondary N) is 1. The van der Waals surface area contributed by atoms with Crippen molar-refractivity contribution in [2.24, 2.45) is 5.92 Å². The molecule has 1 aliphatic carbocycles. The van der Waals surface area contributed by atoms with Gasteiger partial charge in [0.05, 0.1) is 13.2 Å². The zero-order valence-corrected chi connectivity index (χ0v) is 15.6. The van der Waals surface area contributed by atoms with Gasteiger partial charge < -0.3 is 10.1 Å². The van der Waals surface area contributed by atoms with Crippen molar-refractivity contribution in [2.45, 2.75) is 25.8 Å². The van der Waals surface area contributed by atoms with E-state index < -0.39 is 0 Å². The average molecular weight is 361 g/mol. The molecule has 5 nitrogen and oxygen atoms in total. The van der Waals surface area contributed by atoms with Crippen molar-refractivity contribution in [1.29, 1.82) is 0 Å². The first-order valence-electron chi connectivity index (χ1n) is 9.22. The maximum atomic E-state index is 12.8. The Balaban J connectivity index is 1.56. The Kier molecular flexibility index (Phi) is 4.67. The van der Waals surface area contributed by atoms with Crippen LogP contribution in [-0.4, -0.2) is 22.8 Å². The van der Waals surface area contributed by atoms with Crippen LogP contribution in [0.2, 0.25) is 0 Å². The molecule has 5 heteroatoms. The molecule has 0 aliphatic heterocycles. The number of benzene rings is 2. The molecule has 1 fully saturated rings. The first-order chi connectivity index (χ1) is 13.2. The lowest BCUT2D eigenvalue weighted by Gasteiger charge is -2.18. The lowest BCUT2D eigenvalue weighted by molar-refractivity contribution is 0.0926. The van der Waals surface area contributed by atoms with E-state index in [1.165, 1.54) is 0 Å². The van der Waals surface area contributed by atoms with Gasteiger partial charge in [-0.2, -0.15) is 5.10 Å². The third-order valence-electron chi connectivity index (χ3n) is 4.94. The van der Waals surface area contributed by atoms with Gasteiger partial charge in [-0.05, 0) is 55.0 Å². The number of rotatable bonds is 6. The first kappa shape index (κ1) is 17.3. The second kappa shape index (κ2) is 7.27. The van der Waals surface area contributed by atoms with Crippen molar-refractivity contribution in [3.8, 4) is 11.4 Å². The number of carbonyl (C=O) groups is 1. The van der Waals surface area contributed by atoms with Crippen LogP contribution in [0.25, 0.3) is 5.69 Å². The van der Waals surface area contributed by atoms with Crippen molar-refractivity contribution in [3.63, 3.8) is 0 Å². The molecule has 1 aromatic heterocycles. The summed E-state index contributed by atoms with van der Waals surface area (Å²) in [5.41, 5.74) is 3.47. The molecule has 138 valence electrons. The van der Waals surface area contributed by atoms with Crippen molar-refractivity contribution < 1.29 is 9.53 Å². The number of hydrogen-bond acceptors (Lipinski definition) is 3. The molecule has 1 heterocycles. The number of ether oxygens (including phenoxy) is 1. The van der Waals surface area contributed by atoms with Gasteiger partial charge >= 0.3 is 0 Å². The Labute approximate surface area is 159 Å². The zero-order valence-electron chi connectivity index (χ0n) is 15.6. The Morgan fingerprint density at radius 1 is 1.19 bits per heavy atom. The normalized spacial score (nSPS) is 14.6. The van der Waals surface area contributed by atoms with E-state index >= 15 is 0 Å². The third kappa shape index (κ3) is 3.72. The molecule has 0 saturated heterocycles. The maximum absolute atomic E-state index is 12.8. The molecule has 3 aromatic rings. The van der Waals surface area contributed by atoms with E-state index in [0.717, 1.165) is 35.4 Å². The third-order valence-corrected chi connectivity index (χ3v) is 4.94. The van der Waals surface area contributed by atoms with Crippen LogP contribution in [0.1, 0.15) is 40.5 Å². The molecular formula is C22H23N3O2. The van der Waals surface area contributed by atoms with E-state index in [1.54, 1.807) is 24.1 Å². The Hall–Kier alpha value is -3.08. The van der Waals surface area contributed by atoms with E-state index in [2.05, 4.69) is 22.5 Å². The van der Waals surface area contributed by atoms with E-state index in [0.29, 0.717) is 11.6 Å². The monoisotopic (exact) mass is 361 g/mol. The molecule has 4 rings (SSSR count). The van der Waals surface area contributed by atoms with Gasteiger partial charge in [0.25, 0.3) is 5.91 Å². The highest BCUT2D eigenvalue weighted by Gasteiger charge is 2.33. The van der Waals surface area contributed by atoms with Crippen LogP contribution in [0.5, 0.6) is 5.75 Å². The second-order valence-corrected chi connectivity index (χ2v) is 7.02. The number of hydrogen-bond donors (Lipinski definition) is 1. The minimum Gasteiger partial charge on any atom is -0.494 e. The van der Waals surface area contributed by atoms with Crippen LogP contribution in [-0.2, 0) is 0 Å². The highest BCUT2D eigenvalue weighted by Crippen LogP contribution is 2.41. The summed E-state index contributed by atoms with van der Waals surface area (Å²) < 4.78 is 7.12. The molecule has 0 radical (unpaired) electrons. The fourth-order valence-electron chi connectivity index (χ4n) is 3.34. The van der Waals surface area contributed by atoms with Gasteiger partial charge in [-0.1, -0.05) is 36.4 Å². The summed E-state index contributed by atoms with van der Waals surface area (Å²) in [6, 6.07) is 17.8. The number of aromatic nitrogens is 2. The topological polar surface area (TPSA) is 56.1 Å². The van der Waals surface area contributed by atoms with Crippen LogP contribution in [0.4, 0.5) is 0 Å². The molecule has 1 unspecified atom stereocenters. The van der Waals surface area contributed by atoms with Gasteiger partial charge in [0, 0.05) is 6.20 Å². The molecule has 0 spiro atoms. The molecule has 1 saturated carbocycles. The van der Waals surface area contributed by atoms with Crippen LogP contribution in [0.15, 0.2) is 60.8 Å². The predicted molar refractivity (Wildman–Crippen MR) is 104 cm³/mol. The minimum absolute atomic E-state index is 0.0392. The zero-order chi connectivity index (χ0) is 18.8. The fraction of sp³-hybridized carbons (Fsp3) is 0.273. The van der Waals surface area contributed by atoms with E-state index in [9.17, 15) is 4.79 Å². The van der Waals surface area contributed by atoms with E-state index in [4.69, 9.17) is 4.74 Å². The quantitative estimate of drug-likeness (QED) is 0.720. The highest BCUT2D eigenvalue weighted by molar-refractivity contribution is 5.92.